The lowest BCUT2D eigenvalue weighted by atomic mass is 9.71. The molecule has 1 saturated heterocycles. The Bertz CT molecular complexity index is 441. The van der Waals surface area contributed by atoms with Crippen LogP contribution in [0.2, 0.25) is 0 Å². The fourth-order valence-corrected chi connectivity index (χ4v) is 4.51. The first-order valence-electron chi connectivity index (χ1n) is 7.81. The SMILES string of the molecule is CC(C)(C)S(=O)(=O)CCN1CCC2(O)CCCCC2C1. The zero-order chi connectivity index (χ0) is 15.0. The predicted octanol–water partition coefficient (Wildman–Crippen LogP) is 1.83. The van der Waals surface area contributed by atoms with Crippen LogP contribution < -0.4 is 0 Å². The molecule has 0 aromatic heterocycles. The highest BCUT2D eigenvalue weighted by atomic mass is 32.2. The van der Waals surface area contributed by atoms with E-state index in [2.05, 4.69) is 4.90 Å². The summed E-state index contributed by atoms with van der Waals surface area (Å²) < 4.78 is 23.7. The van der Waals surface area contributed by atoms with Gasteiger partial charge in [0.25, 0.3) is 0 Å². The van der Waals surface area contributed by atoms with E-state index in [1.54, 1.807) is 20.8 Å². The molecule has 1 N–H and O–H groups in total. The van der Waals surface area contributed by atoms with Gasteiger partial charge in [0, 0.05) is 25.6 Å². The first kappa shape index (κ1) is 16.2. The maximum atomic E-state index is 12.2. The molecule has 20 heavy (non-hydrogen) atoms. The summed E-state index contributed by atoms with van der Waals surface area (Å²) in [7, 11) is -3.05. The molecule has 2 rings (SSSR count). The van der Waals surface area contributed by atoms with E-state index < -0.39 is 20.2 Å². The minimum atomic E-state index is -3.05. The van der Waals surface area contributed by atoms with Gasteiger partial charge in [-0.3, -0.25) is 0 Å². The van der Waals surface area contributed by atoms with Gasteiger partial charge < -0.3 is 10.0 Å². The summed E-state index contributed by atoms with van der Waals surface area (Å²) in [4.78, 5) is 2.23. The van der Waals surface area contributed by atoms with Crippen molar-refractivity contribution in [3.63, 3.8) is 0 Å². The Kier molecular flexibility index (Phi) is 4.53. The van der Waals surface area contributed by atoms with E-state index in [9.17, 15) is 13.5 Å². The van der Waals surface area contributed by atoms with Crippen LogP contribution >= 0.6 is 0 Å². The smallest absolute Gasteiger partial charge is 0.156 e. The molecule has 0 aromatic carbocycles. The molecule has 0 amide bonds. The maximum absolute atomic E-state index is 12.2. The number of aliphatic hydroxyl groups is 1. The van der Waals surface area contributed by atoms with E-state index in [1.165, 1.54) is 6.42 Å². The zero-order valence-electron chi connectivity index (χ0n) is 13.1. The van der Waals surface area contributed by atoms with E-state index in [0.717, 1.165) is 38.8 Å². The van der Waals surface area contributed by atoms with Crippen LogP contribution in [-0.2, 0) is 9.84 Å². The van der Waals surface area contributed by atoms with E-state index in [-0.39, 0.29) is 5.75 Å². The number of rotatable bonds is 3. The van der Waals surface area contributed by atoms with E-state index in [0.29, 0.717) is 12.5 Å². The van der Waals surface area contributed by atoms with Crippen molar-refractivity contribution in [2.45, 2.75) is 63.2 Å². The third kappa shape index (κ3) is 3.37. The summed E-state index contributed by atoms with van der Waals surface area (Å²) in [5.41, 5.74) is -0.475. The molecular formula is C15H29NO3S. The molecule has 2 aliphatic rings. The van der Waals surface area contributed by atoms with Gasteiger partial charge in [0.1, 0.15) is 0 Å². The van der Waals surface area contributed by atoms with Crippen molar-refractivity contribution in [2.75, 3.05) is 25.4 Å². The number of fused-ring (bicyclic) bond motifs is 1. The molecule has 1 heterocycles. The summed E-state index contributed by atoms with van der Waals surface area (Å²) in [5, 5.41) is 10.6. The topological polar surface area (TPSA) is 57.6 Å². The van der Waals surface area contributed by atoms with E-state index in [4.69, 9.17) is 0 Å². The Hall–Kier alpha value is -0.130. The minimum absolute atomic E-state index is 0.224. The Morgan fingerprint density at radius 1 is 1.25 bits per heavy atom. The fraction of sp³-hybridized carbons (Fsp3) is 1.00. The summed E-state index contributed by atoms with van der Waals surface area (Å²) in [6.45, 7) is 7.57. The molecule has 0 bridgehead atoms. The lowest BCUT2D eigenvalue weighted by molar-refractivity contribution is -0.0942. The molecular weight excluding hydrogens is 274 g/mol. The van der Waals surface area contributed by atoms with Gasteiger partial charge in [0.15, 0.2) is 9.84 Å². The van der Waals surface area contributed by atoms with Crippen LogP contribution in [0.5, 0.6) is 0 Å². The van der Waals surface area contributed by atoms with Crippen LogP contribution in [0.4, 0.5) is 0 Å². The molecule has 0 spiro atoms. The highest BCUT2D eigenvalue weighted by molar-refractivity contribution is 7.92. The van der Waals surface area contributed by atoms with Crippen molar-refractivity contribution in [1.82, 2.24) is 4.90 Å². The number of nitrogens with zero attached hydrogens (tertiary/aromatic N) is 1. The second-order valence-electron chi connectivity index (χ2n) is 7.53. The lowest BCUT2D eigenvalue weighted by Crippen LogP contribution is -2.54. The van der Waals surface area contributed by atoms with Crippen LogP contribution in [-0.4, -0.2) is 54.2 Å². The predicted molar refractivity (Wildman–Crippen MR) is 81.5 cm³/mol. The van der Waals surface area contributed by atoms with Gasteiger partial charge >= 0.3 is 0 Å². The Morgan fingerprint density at radius 2 is 1.95 bits per heavy atom. The van der Waals surface area contributed by atoms with Gasteiger partial charge in [-0.05, 0) is 40.0 Å². The molecule has 5 heteroatoms. The molecule has 0 radical (unpaired) electrons. The molecule has 2 atom stereocenters. The molecule has 2 fully saturated rings. The standard InChI is InChI=1S/C15H29NO3S/c1-14(2,3)20(18,19)11-10-16-9-8-15(17)7-5-4-6-13(15)12-16/h13,17H,4-12H2,1-3H3. The van der Waals surface area contributed by atoms with E-state index in [1.807, 2.05) is 0 Å². The first-order valence-corrected chi connectivity index (χ1v) is 9.46. The third-order valence-corrected chi connectivity index (χ3v) is 7.71. The number of hydrogen-bond acceptors (Lipinski definition) is 4. The molecule has 1 aliphatic heterocycles. The average molecular weight is 303 g/mol. The van der Waals surface area contributed by atoms with Crippen LogP contribution in [0, 0.1) is 5.92 Å². The van der Waals surface area contributed by atoms with Crippen molar-refractivity contribution >= 4 is 9.84 Å². The van der Waals surface area contributed by atoms with Crippen LogP contribution in [0.3, 0.4) is 0 Å². The van der Waals surface area contributed by atoms with Crippen molar-refractivity contribution in [1.29, 1.82) is 0 Å². The summed E-state index contributed by atoms with van der Waals surface area (Å²) in [5.74, 6) is 0.559. The second-order valence-corrected chi connectivity index (χ2v) is 10.4. The Labute approximate surface area is 123 Å². The molecule has 2 unspecified atom stereocenters. The van der Waals surface area contributed by atoms with Crippen LogP contribution in [0.15, 0.2) is 0 Å². The van der Waals surface area contributed by atoms with Crippen molar-refractivity contribution in [2.24, 2.45) is 5.92 Å². The quantitative estimate of drug-likeness (QED) is 0.864. The summed E-state index contributed by atoms with van der Waals surface area (Å²) >= 11 is 0. The van der Waals surface area contributed by atoms with Crippen molar-refractivity contribution in [3.05, 3.63) is 0 Å². The second kappa shape index (κ2) is 5.58. The van der Waals surface area contributed by atoms with Crippen LogP contribution in [0.25, 0.3) is 0 Å². The molecule has 0 aromatic rings. The van der Waals surface area contributed by atoms with Gasteiger partial charge in [-0.2, -0.15) is 0 Å². The molecule has 1 aliphatic carbocycles. The van der Waals surface area contributed by atoms with Crippen molar-refractivity contribution < 1.29 is 13.5 Å². The number of hydrogen-bond donors (Lipinski definition) is 1. The molecule has 1 saturated carbocycles. The zero-order valence-corrected chi connectivity index (χ0v) is 13.9. The Balaban J connectivity index is 1.90. The average Bonchev–Trinajstić information content (AvgIpc) is 2.34. The van der Waals surface area contributed by atoms with E-state index >= 15 is 0 Å². The highest BCUT2D eigenvalue weighted by Gasteiger charge is 2.42. The monoisotopic (exact) mass is 303 g/mol. The highest BCUT2D eigenvalue weighted by Crippen LogP contribution is 2.39. The van der Waals surface area contributed by atoms with Gasteiger partial charge in [-0.15, -0.1) is 0 Å². The fourth-order valence-electron chi connectivity index (χ4n) is 3.40. The lowest BCUT2D eigenvalue weighted by Gasteiger charge is -2.47. The maximum Gasteiger partial charge on any atom is 0.156 e. The number of sulfone groups is 1. The molecule has 4 nitrogen and oxygen atoms in total. The van der Waals surface area contributed by atoms with Gasteiger partial charge in [0.2, 0.25) is 0 Å². The largest absolute Gasteiger partial charge is 0.390 e. The van der Waals surface area contributed by atoms with Gasteiger partial charge in [-0.1, -0.05) is 12.8 Å². The van der Waals surface area contributed by atoms with Gasteiger partial charge in [-0.25, -0.2) is 8.42 Å². The summed E-state index contributed by atoms with van der Waals surface area (Å²) in [6.07, 6.45) is 5.13. The van der Waals surface area contributed by atoms with Crippen LogP contribution in [0.1, 0.15) is 52.9 Å². The first-order chi connectivity index (χ1) is 9.14. The molecule has 118 valence electrons. The number of likely N-dealkylation sites (tertiary alicyclic amines) is 1. The van der Waals surface area contributed by atoms with Crippen molar-refractivity contribution in [3.8, 4) is 0 Å². The van der Waals surface area contributed by atoms with Gasteiger partial charge in [0.05, 0.1) is 16.1 Å². The Morgan fingerprint density at radius 3 is 2.60 bits per heavy atom. The normalized spacial score (nSPS) is 32.9. The number of piperidine rings is 1. The summed E-state index contributed by atoms with van der Waals surface area (Å²) in [6, 6.07) is 0. The third-order valence-electron chi connectivity index (χ3n) is 5.12. The minimum Gasteiger partial charge on any atom is -0.390 e.